The standard InChI is InChI=1S/C16H12FNO/c1-10-7-14-12(9-18-10)3-2-4-13(14)11-5-6-16(19)15(17)8-11/h2-9,19H,1H3. The Balaban J connectivity index is 2.29. The number of pyridine rings is 1. The lowest BCUT2D eigenvalue weighted by atomic mass is 9.99. The number of aromatic nitrogens is 1. The Kier molecular flexibility index (Phi) is 2.67. The molecule has 0 fully saturated rings. The number of rotatable bonds is 1. The first-order valence-electron chi connectivity index (χ1n) is 5.99. The lowest BCUT2D eigenvalue weighted by Gasteiger charge is -2.08. The van der Waals surface area contributed by atoms with Crippen LogP contribution in [0, 0.1) is 12.7 Å². The van der Waals surface area contributed by atoms with Crippen LogP contribution in [0.25, 0.3) is 21.9 Å². The average molecular weight is 253 g/mol. The topological polar surface area (TPSA) is 33.1 Å². The van der Waals surface area contributed by atoms with Crippen molar-refractivity contribution in [2.45, 2.75) is 6.92 Å². The molecule has 2 aromatic carbocycles. The van der Waals surface area contributed by atoms with Gasteiger partial charge < -0.3 is 5.11 Å². The van der Waals surface area contributed by atoms with Crippen molar-refractivity contribution in [1.29, 1.82) is 0 Å². The van der Waals surface area contributed by atoms with E-state index in [-0.39, 0.29) is 5.75 Å². The van der Waals surface area contributed by atoms with Crippen molar-refractivity contribution in [3.8, 4) is 16.9 Å². The van der Waals surface area contributed by atoms with Crippen LogP contribution in [0.4, 0.5) is 4.39 Å². The van der Waals surface area contributed by atoms with Gasteiger partial charge in [-0.2, -0.15) is 0 Å². The van der Waals surface area contributed by atoms with E-state index in [0.29, 0.717) is 0 Å². The normalized spacial score (nSPS) is 10.8. The predicted octanol–water partition coefficient (Wildman–Crippen LogP) is 4.05. The fourth-order valence-electron chi connectivity index (χ4n) is 2.20. The molecule has 0 bridgehead atoms. The van der Waals surface area contributed by atoms with Gasteiger partial charge in [-0.15, -0.1) is 0 Å². The van der Waals surface area contributed by atoms with E-state index in [1.807, 2.05) is 37.4 Å². The lowest BCUT2D eigenvalue weighted by Crippen LogP contribution is -1.86. The quantitative estimate of drug-likeness (QED) is 0.709. The van der Waals surface area contributed by atoms with Gasteiger partial charge in [-0.25, -0.2) is 4.39 Å². The molecule has 0 aliphatic heterocycles. The number of phenolic OH excluding ortho intramolecular Hbond substituents is 1. The van der Waals surface area contributed by atoms with E-state index in [2.05, 4.69) is 4.98 Å². The Morgan fingerprint density at radius 3 is 2.74 bits per heavy atom. The molecule has 0 radical (unpaired) electrons. The molecular weight excluding hydrogens is 241 g/mol. The molecule has 3 heteroatoms. The largest absolute Gasteiger partial charge is 0.505 e. The van der Waals surface area contributed by atoms with E-state index in [0.717, 1.165) is 27.6 Å². The average Bonchev–Trinajstić information content (AvgIpc) is 2.41. The molecule has 0 amide bonds. The fraction of sp³-hybridized carbons (Fsp3) is 0.0625. The van der Waals surface area contributed by atoms with Crippen molar-refractivity contribution in [2.24, 2.45) is 0 Å². The molecule has 2 nitrogen and oxygen atoms in total. The maximum atomic E-state index is 13.5. The van der Waals surface area contributed by atoms with Gasteiger partial charge >= 0.3 is 0 Å². The molecule has 0 unspecified atom stereocenters. The second-order valence-corrected chi connectivity index (χ2v) is 4.52. The van der Waals surface area contributed by atoms with Crippen LogP contribution in [0.1, 0.15) is 5.69 Å². The number of fused-ring (bicyclic) bond motifs is 1. The van der Waals surface area contributed by atoms with Gasteiger partial charge in [-0.05, 0) is 41.6 Å². The summed E-state index contributed by atoms with van der Waals surface area (Å²) in [5.74, 6) is -0.942. The summed E-state index contributed by atoms with van der Waals surface area (Å²) in [5, 5.41) is 11.3. The molecule has 3 aromatic rings. The van der Waals surface area contributed by atoms with Gasteiger partial charge in [0, 0.05) is 17.3 Å². The number of nitrogens with zero attached hydrogens (tertiary/aromatic N) is 1. The Bertz CT molecular complexity index is 768. The van der Waals surface area contributed by atoms with Crippen LogP contribution in [-0.2, 0) is 0 Å². The molecule has 1 N–H and O–H groups in total. The Morgan fingerprint density at radius 2 is 1.95 bits per heavy atom. The number of halogens is 1. The summed E-state index contributed by atoms with van der Waals surface area (Å²) in [6, 6.07) is 12.2. The molecule has 0 aliphatic rings. The van der Waals surface area contributed by atoms with Gasteiger partial charge in [-0.1, -0.05) is 24.3 Å². The smallest absolute Gasteiger partial charge is 0.165 e. The van der Waals surface area contributed by atoms with Gasteiger partial charge in [0.15, 0.2) is 11.6 Å². The Hall–Kier alpha value is -2.42. The molecule has 0 atom stereocenters. The van der Waals surface area contributed by atoms with E-state index in [1.165, 1.54) is 12.1 Å². The maximum absolute atomic E-state index is 13.5. The highest BCUT2D eigenvalue weighted by Gasteiger charge is 2.07. The molecule has 1 aromatic heterocycles. The van der Waals surface area contributed by atoms with Crippen LogP contribution < -0.4 is 0 Å². The Morgan fingerprint density at radius 1 is 1.11 bits per heavy atom. The molecule has 0 aliphatic carbocycles. The van der Waals surface area contributed by atoms with Crippen LogP contribution in [0.3, 0.4) is 0 Å². The zero-order valence-corrected chi connectivity index (χ0v) is 10.4. The number of phenols is 1. The molecule has 94 valence electrons. The summed E-state index contributed by atoms with van der Waals surface area (Å²) in [6.07, 6.45) is 1.81. The van der Waals surface area contributed by atoms with Crippen LogP contribution in [-0.4, -0.2) is 10.1 Å². The number of hydrogen-bond acceptors (Lipinski definition) is 2. The number of hydrogen-bond donors (Lipinski definition) is 1. The van der Waals surface area contributed by atoms with Crippen molar-refractivity contribution in [3.63, 3.8) is 0 Å². The van der Waals surface area contributed by atoms with Gasteiger partial charge in [0.25, 0.3) is 0 Å². The number of aryl methyl sites for hydroxylation is 1. The summed E-state index contributed by atoms with van der Waals surface area (Å²) in [7, 11) is 0. The molecule has 0 spiro atoms. The minimum Gasteiger partial charge on any atom is -0.505 e. The van der Waals surface area contributed by atoms with Crippen LogP contribution in [0.2, 0.25) is 0 Å². The summed E-state index contributed by atoms with van der Waals surface area (Å²) in [4.78, 5) is 4.26. The predicted molar refractivity (Wildman–Crippen MR) is 73.5 cm³/mol. The zero-order valence-electron chi connectivity index (χ0n) is 10.4. The second kappa shape index (κ2) is 4.35. The van der Waals surface area contributed by atoms with E-state index < -0.39 is 5.82 Å². The van der Waals surface area contributed by atoms with Crippen molar-refractivity contribution in [1.82, 2.24) is 4.98 Å². The van der Waals surface area contributed by atoms with Crippen LogP contribution in [0.15, 0.2) is 48.7 Å². The number of benzene rings is 2. The van der Waals surface area contributed by atoms with Crippen LogP contribution in [0.5, 0.6) is 5.75 Å². The summed E-state index contributed by atoms with van der Waals surface area (Å²) >= 11 is 0. The first-order valence-corrected chi connectivity index (χ1v) is 5.99. The minimum absolute atomic E-state index is 0.332. The van der Waals surface area contributed by atoms with Gasteiger partial charge in [0.05, 0.1) is 0 Å². The van der Waals surface area contributed by atoms with Crippen LogP contribution >= 0.6 is 0 Å². The molecule has 0 saturated heterocycles. The van der Waals surface area contributed by atoms with Crippen molar-refractivity contribution in [2.75, 3.05) is 0 Å². The van der Waals surface area contributed by atoms with Crippen molar-refractivity contribution in [3.05, 3.63) is 60.2 Å². The van der Waals surface area contributed by atoms with Gasteiger partial charge in [0.1, 0.15) is 0 Å². The molecular formula is C16H12FNO. The molecule has 0 saturated carbocycles. The first-order chi connectivity index (χ1) is 9.15. The third kappa shape index (κ3) is 2.03. The van der Waals surface area contributed by atoms with Gasteiger partial charge in [0.2, 0.25) is 0 Å². The first kappa shape index (κ1) is 11.7. The highest BCUT2D eigenvalue weighted by atomic mass is 19.1. The summed E-state index contributed by atoms with van der Waals surface area (Å²) in [5.41, 5.74) is 2.59. The zero-order chi connectivity index (χ0) is 13.4. The van der Waals surface area contributed by atoms with Crippen molar-refractivity contribution < 1.29 is 9.50 Å². The maximum Gasteiger partial charge on any atom is 0.165 e. The molecule has 1 heterocycles. The van der Waals surface area contributed by atoms with E-state index >= 15 is 0 Å². The van der Waals surface area contributed by atoms with Gasteiger partial charge in [-0.3, -0.25) is 4.98 Å². The fourth-order valence-corrected chi connectivity index (χ4v) is 2.20. The number of aromatic hydroxyl groups is 1. The van der Waals surface area contributed by atoms with E-state index in [9.17, 15) is 9.50 Å². The minimum atomic E-state index is -0.611. The summed E-state index contributed by atoms with van der Waals surface area (Å²) < 4.78 is 13.5. The third-order valence-corrected chi connectivity index (χ3v) is 3.16. The van der Waals surface area contributed by atoms with E-state index in [1.54, 1.807) is 6.07 Å². The lowest BCUT2D eigenvalue weighted by molar-refractivity contribution is 0.432. The monoisotopic (exact) mass is 253 g/mol. The highest BCUT2D eigenvalue weighted by Crippen LogP contribution is 2.30. The van der Waals surface area contributed by atoms with Crippen molar-refractivity contribution >= 4 is 10.8 Å². The molecule has 19 heavy (non-hydrogen) atoms. The highest BCUT2D eigenvalue weighted by molar-refractivity contribution is 5.96. The Labute approximate surface area is 110 Å². The summed E-state index contributed by atoms with van der Waals surface area (Å²) in [6.45, 7) is 1.92. The SMILES string of the molecule is Cc1cc2c(-c3ccc(O)c(F)c3)cccc2cn1. The third-order valence-electron chi connectivity index (χ3n) is 3.16. The molecule has 3 rings (SSSR count). The second-order valence-electron chi connectivity index (χ2n) is 4.52. The van der Waals surface area contributed by atoms with E-state index in [4.69, 9.17) is 0 Å².